The van der Waals surface area contributed by atoms with E-state index in [1.165, 1.54) is 23.7 Å². The molecular weight excluding hydrogens is 416 g/mol. The highest BCUT2D eigenvalue weighted by atomic mass is 16.5. The number of rotatable bonds is 6. The lowest BCUT2D eigenvalue weighted by molar-refractivity contribution is 0.271. The molecule has 2 aliphatic heterocycles. The van der Waals surface area contributed by atoms with Gasteiger partial charge in [0.15, 0.2) is 11.5 Å². The average molecular weight is 443 g/mol. The molecule has 4 aliphatic rings. The van der Waals surface area contributed by atoms with Crippen LogP contribution in [0.3, 0.4) is 0 Å². The first-order valence-corrected chi connectivity index (χ1v) is 11.2. The summed E-state index contributed by atoms with van der Waals surface area (Å²) in [5.41, 5.74) is 3.97. The molecule has 0 unspecified atom stereocenters. The lowest BCUT2D eigenvalue weighted by atomic mass is 10.0. The summed E-state index contributed by atoms with van der Waals surface area (Å²) in [6.45, 7) is 0. The highest BCUT2D eigenvalue weighted by molar-refractivity contribution is 5.70. The van der Waals surface area contributed by atoms with Gasteiger partial charge in [-0.05, 0) is 43.9 Å². The largest absolute Gasteiger partial charge is 0.508 e. The van der Waals surface area contributed by atoms with Crippen molar-refractivity contribution in [1.82, 2.24) is 0 Å². The fraction of sp³-hybridized carbons (Fsp3) is 0.214. The number of benzene rings is 1. The van der Waals surface area contributed by atoms with Gasteiger partial charge in [0.25, 0.3) is 0 Å². The Morgan fingerprint density at radius 1 is 0.667 bits per heavy atom. The molecule has 0 fully saturated rings. The van der Waals surface area contributed by atoms with E-state index in [1.807, 2.05) is 6.07 Å². The van der Waals surface area contributed by atoms with Gasteiger partial charge in [0.05, 0.1) is 0 Å². The molecule has 1 aromatic carbocycles. The average Bonchev–Trinajstić information content (AvgIpc) is 2.85. The van der Waals surface area contributed by atoms with Crippen molar-refractivity contribution in [2.45, 2.75) is 38.5 Å². The van der Waals surface area contributed by atoms with Crippen molar-refractivity contribution in [1.29, 1.82) is 0 Å². The summed E-state index contributed by atoms with van der Waals surface area (Å²) in [6.07, 6.45) is 24.5. The number of aromatic hydroxyl groups is 1. The third-order valence-electron chi connectivity index (χ3n) is 5.72. The van der Waals surface area contributed by atoms with Crippen LogP contribution in [0.4, 0.5) is 0 Å². The van der Waals surface area contributed by atoms with E-state index in [-0.39, 0.29) is 5.75 Å². The zero-order valence-corrected chi connectivity index (χ0v) is 18.3. The number of hydrogen-bond acceptors (Lipinski definition) is 5. The summed E-state index contributed by atoms with van der Waals surface area (Å²) < 4.78 is 23.3. The first kappa shape index (κ1) is 21.0. The molecular formula is C28H26O5. The standard InChI is InChI=1S/C28H26O5/c29-24-14-22(27-18-30-16-25(32-27)11-20-7-3-1-4-8-20)13-23(15-24)28-19-31-17-26(33-28)12-21-9-5-2-6-10-21/h1-3,5,7,9,13-19,29H,4,6,8,10-12H2. The monoisotopic (exact) mass is 442 g/mol. The van der Waals surface area contributed by atoms with Crippen LogP contribution in [-0.4, -0.2) is 5.11 Å². The van der Waals surface area contributed by atoms with Gasteiger partial charge in [-0.1, -0.05) is 47.6 Å². The van der Waals surface area contributed by atoms with Gasteiger partial charge in [-0.3, -0.25) is 0 Å². The molecule has 0 aromatic heterocycles. The fourth-order valence-corrected chi connectivity index (χ4v) is 4.07. The van der Waals surface area contributed by atoms with Crippen molar-refractivity contribution >= 4 is 11.5 Å². The van der Waals surface area contributed by atoms with E-state index in [2.05, 4.69) is 36.5 Å². The van der Waals surface area contributed by atoms with Gasteiger partial charge in [0, 0.05) is 24.0 Å². The first-order valence-electron chi connectivity index (χ1n) is 11.2. The van der Waals surface area contributed by atoms with E-state index in [1.54, 1.807) is 24.7 Å². The minimum absolute atomic E-state index is 0.101. The molecule has 0 saturated carbocycles. The highest BCUT2D eigenvalue weighted by Gasteiger charge is 2.19. The number of phenolic OH excluding ortho intramolecular Hbond substituents is 1. The van der Waals surface area contributed by atoms with E-state index >= 15 is 0 Å². The van der Waals surface area contributed by atoms with Crippen LogP contribution >= 0.6 is 0 Å². The van der Waals surface area contributed by atoms with Crippen molar-refractivity contribution in [3.8, 4) is 5.75 Å². The number of allylic oxidation sites excluding steroid dienone is 8. The van der Waals surface area contributed by atoms with Crippen LogP contribution in [0.5, 0.6) is 5.75 Å². The Kier molecular flexibility index (Phi) is 6.20. The maximum atomic E-state index is 10.4. The predicted octanol–water partition coefficient (Wildman–Crippen LogP) is 7.10. The summed E-state index contributed by atoms with van der Waals surface area (Å²) in [6, 6.07) is 5.18. The summed E-state index contributed by atoms with van der Waals surface area (Å²) in [5, 5.41) is 10.4. The van der Waals surface area contributed by atoms with Crippen LogP contribution in [0.1, 0.15) is 49.7 Å². The molecule has 0 amide bonds. The zero-order chi connectivity index (χ0) is 22.5. The van der Waals surface area contributed by atoms with Gasteiger partial charge in [-0.25, -0.2) is 0 Å². The highest BCUT2D eigenvalue weighted by Crippen LogP contribution is 2.34. The number of ether oxygens (including phenoxy) is 4. The van der Waals surface area contributed by atoms with E-state index < -0.39 is 0 Å². The lowest BCUT2D eigenvalue weighted by Crippen LogP contribution is -2.04. The Hall–Kier alpha value is -3.86. The molecule has 0 spiro atoms. The zero-order valence-electron chi connectivity index (χ0n) is 18.3. The Morgan fingerprint density at radius 3 is 1.64 bits per heavy atom. The van der Waals surface area contributed by atoms with Crippen LogP contribution < -0.4 is 0 Å². The van der Waals surface area contributed by atoms with E-state index in [9.17, 15) is 5.11 Å². The van der Waals surface area contributed by atoms with Crippen molar-refractivity contribution in [3.05, 3.63) is 113 Å². The topological polar surface area (TPSA) is 57.2 Å². The van der Waals surface area contributed by atoms with E-state index in [4.69, 9.17) is 18.9 Å². The van der Waals surface area contributed by atoms with Crippen LogP contribution in [0.2, 0.25) is 0 Å². The van der Waals surface area contributed by atoms with E-state index in [0.29, 0.717) is 35.5 Å². The Balaban J connectivity index is 1.29. The molecule has 0 atom stereocenters. The van der Waals surface area contributed by atoms with Crippen LogP contribution in [0.25, 0.3) is 11.5 Å². The summed E-state index contributed by atoms with van der Waals surface area (Å²) in [7, 11) is 0. The summed E-state index contributed by atoms with van der Waals surface area (Å²) in [5.74, 6) is 2.63. The number of hydrogen-bond donors (Lipinski definition) is 1. The fourth-order valence-electron chi connectivity index (χ4n) is 4.07. The molecule has 0 bridgehead atoms. The third-order valence-corrected chi connectivity index (χ3v) is 5.72. The van der Waals surface area contributed by atoms with Crippen molar-refractivity contribution in [2.24, 2.45) is 0 Å². The SMILES string of the molecule is Oc1cc(C2=COC=C(CC3=CC=CCC3)O2)cc(C2=COC=C(CC3=CC=CCC3)O2)c1. The van der Waals surface area contributed by atoms with Crippen molar-refractivity contribution < 1.29 is 24.1 Å². The lowest BCUT2D eigenvalue weighted by Gasteiger charge is -2.21. The second kappa shape index (κ2) is 9.74. The Bertz CT molecular complexity index is 1080. The molecule has 5 rings (SSSR count). The molecule has 5 nitrogen and oxygen atoms in total. The maximum absolute atomic E-state index is 10.4. The van der Waals surface area contributed by atoms with E-state index in [0.717, 1.165) is 37.2 Å². The second-order valence-corrected chi connectivity index (χ2v) is 8.31. The van der Waals surface area contributed by atoms with Crippen LogP contribution in [0.15, 0.2) is 102 Å². The van der Waals surface area contributed by atoms with Gasteiger partial charge in [0.2, 0.25) is 0 Å². The molecule has 2 heterocycles. The minimum atomic E-state index is 0.101. The predicted molar refractivity (Wildman–Crippen MR) is 127 cm³/mol. The van der Waals surface area contributed by atoms with Gasteiger partial charge in [-0.2, -0.15) is 0 Å². The van der Waals surface area contributed by atoms with Gasteiger partial charge in [0.1, 0.15) is 42.3 Å². The first-order chi connectivity index (χ1) is 16.2. The van der Waals surface area contributed by atoms with Gasteiger partial charge in [-0.15, -0.1) is 0 Å². The Labute approximate surface area is 193 Å². The minimum Gasteiger partial charge on any atom is -0.508 e. The molecule has 0 saturated heterocycles. The molecule has 5 heteroatoms. The second-order valence-electron chi connectivity index (χ2n) is 8.31. The molecule has 168 valence electrons. The molecule has 2 aliphatic carbocycles. The van der Waals surface area contributed by atoms with Crippen molar-refractivity contribution in [2.75, 3.05) is 0 Å². The quantitative estimate of drug-likeness (QED) is 0.509. The normalized spacial score (nSPS) is 19.4. The smallest absolute Gasteiger partial charge is 0.169 e. The molecule has 1 N–H and O–H groups in total. The van der Waals surface area contributed by atoms with Gasteiger partial charge >= 0.3 is 0 Å². The summed E-state index contributed by atoms with van der Waals surface area (Å²) in [4.78, 5) is 0. The van der Waals surface area contributed by atoms with Crippen molar-refractivity contribution in [3.63, 3.8) is 0 Å². The van der Waals surface area contributed by atoms with Crippen LogP contribution in [-0.2, 0) is 18.9 Å². The third kappa shape index (κ3) is 5.32. The molecule has 0 radical (unpaired) electrons. The molecule has 33 heavy (non-hydrogen) atoms. The van der Waals surface area contributed by atoms with Gasteiger partial charge < -0.3 is 24.1 Å². The maximum Gasteiger partial charge on any atom is 0.169 e. The van der Waals surface area contributed by atoms with Crippen LogP contribution in [0, 0.1) is 0 Å². The number of phenols is 1. The molecule has 1 aromatic rings. The Morgan fingerprint density at radius 2 is 1.18 bits per heavy atom. The summed E-state index contributed by atoms with van der Waals surface area (Å²) >= 11 is 0.